The molecule has 0 spiro atoms. The second-order valence-corrected chi connectivity index (χ2v) is 3.23. The van der Waals surface area contributed by atoms with Crippen molar-refractivity contribution >= 4 is 12.4 Å². The first-order valence-corrected chi connectivity index (χ1v) is 4.17. The third-order valence-corrected chi connectivity index (χ3v) is 1.67. The first-order chi connectivity index (χ1) is 6.39. The van der Waals surface area contributed by atoms with Gasteiger partial charge in [-0.2, -0.15) is 13.2 Å². The van der Waals surface area contributed by atoms with E-state index in [-0.39, 0.29) is 18.4 Å². The van der Waals surface area contributed by atoms with Crippen molar-refractivity contribution in [3.63, 3.8) is 0 Å². The lowest BCUT2D eigenvalue weighted by Crippen LogP contribution is -2.18. The van der Waals surface area contributed by atoms with Crippen LogP contribution in [0.25, 0.3) is 0 Å². The van der Waals surface area contributed by atoms with Crippen LogP contribution in [0.4, 0.5) is 13.2 Å². The van der Waals surface area contributed by atoms with Gasteiger partial charge in [-0.25, -0.2) is 0 Å². The van der Waals surface area contributed by atoms with E-state index in [1.807, 2.05) is 0 Å². The van der Waals surface area contributed by atoms with Crippen LogP contribution in [0, 0.1) is 0 Å². The average molecular weight is 241 g/mol. The number of aromatic nitrogens is 1. The Morgan fingerprint density at radius 3 is 2.33 bits per heavy atom. The van der Waals surface area contributed by atoms with E-state index >= 15 is 0 Å². The number of rotatable bonds is 2. The first kappa shape index (κ1) is 14.2. The molecular weight excluding hydrogens is 229 g/mol. The Kier molecular flexibility index (Phi) is 5.03. The molecule has 0 fully saturated rings. The summed E-state index contributed by atoms with van der Waals surface area (Å²) in [7, 11) is 0. The van der Waals surface area contributed by atoms with E-state index in [9.17, 15) is 13.2 Å². The van der Waals surface area contributed by atoms with Crippen molar-refractivity contribution in [2.45, 2.75) is 25.6 Å². The van der Waals surface area contributed by atoms with Gasteiger partial charge < -0.3 is 5.73 Å². The van der Waals surface area contributed by atoms with Crippen LogP contribution in [0.5, 0.6) is 0 Å². The molecule has 2 nitrogen and oxygen atoms in total. The van der Waals surface area contributed by atoms with Gasteiger partial charge in [0.1, 0.15) is 5.69 Å². The van der Waals surface area contributed by atoms with Gasteiger partial charge in [-0.15, -0.1) is 12.4 Å². The molecule has 0 radical (unpaired) electrons. The van der Waals surface area contributed by atoms with E-state index in [1.54, 1.807) is 6.92 Å². The number of hydrogen-bond donors (Lipinski definition) is 1. The zero-order valence-corrected chi connectivity index (χ0v) is 8.90. The highest BCUT2D eigenvalue weighted by molar-refractivity contribution is 5.85. The van der Waals surface area contributed by atoms with Gasteiger partial charge in [-0.1, -0.05) is 6.07 Å². The Labute approximate surface area is 92.1 Å². The van der Waals surface area contributed by atoms with Gasteiger partial charge in [0, 0.05) is 12.2 Å². The third kappa shape index (κ3) is 4.48. The second-order valence-electron chi connectivity index (χ2n) is 3.23. The molecular formula is C9H12ClF3N2. The molecule has 1 rings (SSSR count). The quantitative estimate of drug-likeness (QED) is 0.862. The lowest BCUT2D eigenvalue weighted by Gasteiger charge is -2.07. The lowest BCUT2D eigenvalue weighted by atomic mass is 10.1. The smallest absolute Gasteiger partial charge is 0.328 e. The Morgan fingerprint density at radius 2 is 2.00 bits per heavy atom. The van der Waals surface area contributed by atoms with Gasteiger partial charge >= 0.3 is 6.18 Å². The van der Waals surface area contributed by atoms with Crippen LogP contribution >= 0.6 is 12.4 Å². The number of halogens is 4. The highest BCUT2D eigenvalue weighted by Gasteiger charge is 2.31. The first-order valence-electron chi connectivity index (χ1n) is 4.17. The largest absolute Gasteiger partial charge is 0.433 e. The topological polar surface area (TPSA) is 38.9 Å². The summed E-state index contributed by atoms with van der Waals surface area (Å²) < 4.78 is 36.3. The van der Waals surface area contributed by atoms with Crippen LogP contribution < -0.4 is 5.73 Å². The third-order valence-electron chi connectivity index (χ3n) is 1.67. The van der Waals surface area contributed by atoms with Crippen LogP contribution in [0.2, 0.25) is 0 Å². The summed E-state index contributed by atoms with van der Waals surface area (Å²) in [6.45, 7) is 1.79. The van der Waals surface area contributed by atoms with Crippen LogP contribution in [0.3, 0.4) is 0 Å². The van der Waals surface area contributed by atoms with Crippen molar-refractivity contribution in [1.29, 1.82) is 0 Å². The molecule has 0 aliphatic carbocycles. The molecule has 1 heterocycles. The van der Waals surface area contributed by atoms with Crippen molar-refractivity contribution < 1.29 is 13.2 Å². The number of alkyl halides is 3. The fraction of sp³-hybridized carbons (Fsp3) is 0.444. The Balaban J connectivity index is 0.00000196. The molecule has 1 atom stereocenters. The highest BCUT2D eigenvalue weighted by Crippen LogP contribution is 2.27. The molecule has 1 aromatic rings. The molecule has 0 aromatic carbocycles. The standard InChI is InChI=1S/C9H11F3N2.ClH/c1-6(13)4-7-2-3-8(14-5-7)9(10,11)12;/h2-3,5-6H,4,13H2,1H3;1H. The molecule has 0 bridgehead atoms. The van der Waals surface area contributed by atoms with Crippen LogP contribution in [-0.4, -0.2) is 11.0 Å². The van der Waals surface area contributed by atoms with Crippen LogP contribution in [-0.2, 0) is 12.6 Å². The van der Waals surface area contributed by atoms with Gasteiger partial charge in [0.05, 0.1) is 0 Å². The fourth-order valence-electron chi connectivity index (χ4n) is 1.08. The summed E-state index contributed by atoms with van der Waals surface area (Å²) in [6.07, 6.45) is -2.62. The minimum Gasteiger partial charge on any atom is -0.328 e. The summed E-state index contributed by atoms with van der Waals surface area (Å²) in [5.41, 5.74) is 5.34. The average Bonchev–Trinajstić information content (AvgIpc) is 2.02. The van der Waals surface area contributed by atoms with Crippen molar-refractivity contribution in [1.82, 2.24) is 4.98 Å². The zero-order chi connectivity index (χ0) is 10.8. The lowest BCUT2D eigenvalue weighted by molar-refractivity contribution is -0.141. The minimum atomic E-state index is -4.37. The van der Waals surface area contributed by atoms with E-state index in [1.165, 1.54) is 12.3 Å². The molecule has 0 amide bonds. The maximum absolute atomic E-state index is 12.1. The van der Waals surface area contributed by atoms with Crippen molar-refractivity contribution in [3.05, 3.63) is 29.6 Å². The molecule has 6 heteroatoms. The number of nitrogens with two attached hydrogens (primary N) is 1. The summed E-state index contributed by atoms with van der Waals surface area (Å²) >= 11 is 0. The van der Waals surface area contributed by atoms with E-state index in [4.69, 9.17) is 5.73 Å². The summed E-state index contributed by atoms with van der Waals surface area (Å²) in [4.78, 5) is 3.32. The summed E-state index contributed by atoms with van der Waals surface area (Å²) in [5, 5.41) is 0. The van der Waals surface area contributed by atoms with Crippen LogP contribution in [0.15, 0.2) is 18.3 Å². The van der Waals surface area contributed by atoms with Crippen LogP contribution in [0.1, 0.15) is 18.2 Å². The Morgan fingerprint density at radius 1 is 1.40 bits per heavy atom. The molecule has 86 valence electrons. The van der Waals surface area contributed by atoms with E-state index in [2.05, 4.69) is 4.98 Å². The zero-order valence-electron chi connectivity index (χ0n) is 8.08. The molecule has 15 heavy (non-hydrogen) atoms. The monoisotopic (exact) mass is 240 g/mol. The molecule has 1 aromatic heterocycles. The number of pyridine rings is 1. The predicted octanol–water partition coefficient (Wildman–Crippen LogP) is 2.41. The molecule has 0 saturated carbocycles. The molecule has 2 N–H and O–H groups in total. The second kappa shape index (κ2) is 5.32. The van der Waals surface area contributed by atoms with Crippen molar-refractivity contribution in [2.75, 3.05) is 0 Å². The highest BCUT2D eigenvalue weighted by atomic mass is 35.5. The summed E-state index contributed by atoms with van der Waals surface area (Å²) in [6, 6.07) is 2.30. The number of nitrogens with zero attached hydrogens (tertiary/aromatic N) is 1. The molecule has 1 unspecified atom stereocenters. The van der Waals surface area contributed by atoms with Crippen molar-refractivity contribution in [3.8, 4) is 0 Å². The molecule has 0 saturated heterocycles. The normalized spacial score (nSPS) is 13.1. The van der Waals surface area contributed by atoms with E-state index in [0.717, 1.165) is 6.07 Å². The molecule has 0 aliphatic heterocycles. The van der Waals surface area contributed by atoms with E-state index in [0.29, 0.717) is 12.0 Å². The minimum absolute atomic E-state index is 0. The van der Waals surface area contributed by atoms with Gasteiger partial charge in [-0.05, 0) is 25.0 Å². The Bertz CT molecular complexity index is 295. The van der Waals surface area contributed by atoms with Gasteiger partial charge in [0.25, 0.3) is 0 Å². The van der Waals surface area contributed by atoms with Gasteiger partial charge in [0.2, 0.25) is 0 Å². The maximum Gasteiger partial charge on any atom is 0.433 e. The van der Waals surface area contributed by atoms with Crippen molar-refractivity contribution in [2.24, 2.45) is 5.73 Å². The Hall–Kier alpha value is -0.810. The van der Waals surface area contributed by atoms with Gasteiger partial charge in [-0.3, -0.25) is 4.98 Å². The summed E-state index contributed by atoms with van der Waals surface area (Å²) in [5.74, 6) is 0. The fourth-order valence-corrected chi connectivity index (χ4v) is 1.08. The molecule has 0 aliphatic rings. The maximum atomic E-state index is 12.1. The number of hydrogen-bond acceptors (Lipinski definition) is 2. The SMILES string of the molecule is CC(N)Cc1ccc(C(F)(F)F)nc1.Cl. The van der Waals surface area contributed by atoms with Gasteiger partial charge in [0.15, 0.2) is 0 Å². The van der Waals surface area contributed by atoms with E-state index < -0.39 is 11.9 Å². The predicted molar refractivity (Wildman–Crippen MR) is 53.8 cm³/mol.